The Morgan fingerprint density at radius 2 is 1.65 bits per heavy atom. The summed E-state index contributed by atoms with van der Waals surface area (Å²) in [7, 11) is 0. The van der Waals surface area contributed by atoms with Crippen LogP contribution in [0.4, 0.5) is 11.4 Å². The van der Waals surface area contributed by atoms with Crippen molar-refractivity contribution in [1.82, 2.24) is 0 Å². The summed E-state index contributed by atoms with van der Waals surface area (Å²) in [5, 5.41) is 13.2. The summed E-state index contributed by atoms with van der Waals surface area (Å²) >= 11 is 0. The lowest BCUT2D eigenvalue weighted by molar-refractivity contribution is -0.384. The van der Waals surface area contributed by atoms with Gasteiger partial charge in [-0.2, -0.15) is 0 Å². The van der Waals surface area contributed by atoms with Crippen molar-refractivity contribution < 1.29 is 14.5 Å². The van der Waals surface area contributed by atoms with Crippen LogP contribution in [0.15, 0.2) is 54.6 Å². The van der Waals surface area contributed by atoms with Gasteiger partial charge in [0.1, 0.15) is 0 Å². The Kier molecular flexibility index (Phi) is 4.83. The topological polar surface area (TPSA) is 115 Å². The lowest BCUT2D eigenvalue weighted by atomic mass is 10.2. The van der Waals surface area contributed by atoms with Crippen LogP contribution in [-0.4, -0.2) is 16.7 Å². The Labute approximate surface area is 131 Å². The summed E-state index contributed by atoms with van der Waals surface area (Å²) in [5.41, 5.74) is 6.65. The van der Waals surface area contributed by atoms with Crippen LogP contribution in [-0.2, 0) is 4.79 Å². The highest BCUT2D eigenvalue weighted by molar-refractivity contribution is 6.02. The first-order valence-electron chi connectivity index (χ1n) is 6.59. The second-order valence-corrected chi connectivity index (χ2v) is 4.61. The van der Waals surface area contributed by atoms with Gasteiger partial charge in [-0.15, -0.1) is 0 Å². The van der Waals surface area contributed by atoms with E-state index in [9.17, 15) is 19.7 Å². The third-order valence-electron chi connectivity index (χ3n) is 2.97. The number of nitrogens with two attached hydrogens (primary N) is 1. The molecular formula is C16H13N3O4. The highest BCUT2D eigenvalue weighted by Crippen LogP contribution is 2.13. The smallest absolute Gasteiger partial charge is 0.269 e. The quantitative estimate of drug-likeness (QED) is 0.501. The standard InChI is InChI=1S/C16H13N3O4/c17-16(21)12-4-6-13(7-5-12)18-15(20)10-3-11-1-8-14(9-2-11)19(22)23/h1-10H,(H2,17,21)(H,18,20). The fourth-order valence-electron chi connectivity index (χ4n) is 1.78. The van der Waals surface area contributed by atoms with Crippen molar-refractivity contribution in [1.29, 1.82) is 0 Å². The SMILES string of the molecule is NC(=O)c1ccc(NC(=O)C=Cc2ccc([N+](=O)[O-])cc2)cc1. The van der Waals surface area contributed by atoms with Gasteiger partial charge < -0.3 is 11.1 Å². The molecule has 0 aliphatic rings. The van der Waals surface area contributed by atoms with Crippen molar-refractivity contribution in [2.24, 2.45) is 5.73 Å². The van der Waals surface area contributed by atoms with Crippen molar-refractivity contribution in [2.75, 3.05) is 5.32 Å². The molecule has 0 aromatic heterocycles. The first-order chi connectivity index (χ1) is 11.0. The maximum Gasteiger partial charge on any atom is 0.269 e. The molecule has 116 valence electrons. The highest BCUT2D eigenvalue weighted by atomic mass is 16.6. The predicted molar refractivity (Wildman–Crippen MR) is 85.7 cm³/mol. The maximum atomic E-state index is 11.8. The number of hydrogen-bond donors (Lipinski definition) is 2. The van der Waals surface area contributed by atoms with Crippen LogP contribution in [0, 0.1) is 10.1 Å². The van der Waals surface area contributed by atoms with E-state index in [2.05, 4.69) is 5.32 Å². The minimum atomic E-state index is -0.541. The number of primary amides is 1. The molecule has 0 heterocycles. The number of anilines is 1. The molecule has 0 bridgehead atoms. The van der Waals surface area contributed by atoms with Gasteiger partial charge in [-0.1, -0.05) is 0 Å². The average molecular weight is 311 g/mol. The fourth-order valence-corrected chi connectivity index (χ4v) is 1.78. The van der Waals surface area contributed by atoms with Gasteiger partial charge in [0.15, 0.2) is 0 Å². The van der Waals surface area contributed by atoms with Crippen molar-refractivity contribution in [3.8, 4) is 0 Å². The molecule has 2 amide bonds. The molecule has 7 heteroatoms. The number of benzene rings is 2. The van der Waals surface area contributed by atoms with Crippen molar-refractivity contribution in [3.63, 3.8) is 0 Å². The molecule has 2 aromatic rings. The molecule has 0 radical (unpaired) electrons. The fraction of sp³-hybridized carbons (Fsp3) is 0. The second-order valence-electron chi connectivity index (χ2n) is 4.61. The zero-order valence-electron chi connectivity index (χ0n) is 11.9. The molecule has 0 spiro atoms. The van der Waals surface area contributed by atoms with Crippen molar-refractivity contribution in [2.45, 2.75) is 0 Å². The zero-order chi connectivity index (χ0) is 16.8. The van der Waals surface area contributed by atoms with Crippen LogP contribution in [0.25, 0.3) is 6.08 Å². The highest BCUT2D eigenvalue weighted by Gasteiger charge is 2.03. The number of carbonyl (C=O) groups excluding carboxylic acids is 2. The molecule has 0 atom stereocenters. The number of hydrogen-bond acceptors (Lipinski definition) is 4. The lowest BCUT2D eigenvalue weighted by Crippen LogP contribution is -2.11. The third kappa shape index (κ3) is 4.50. The van der Waals surface area contributed by atoms with Crippen LogP contribution in [0.3, 0.4) is 0 Å². The van der Waals surface area contributed by atoms with Crippen LogP contribution >= 0.6 is 0 Å². The van der Waals surface area contributed by atoms with E-state index in [-0.39, 0.29) is 11.6 Å². The van der Waals surface area contributed by atoms with E-state index in [0.717, 1.165) is 0 Å². The second kappa shape index (κ2) is 6.99. The van der Waals surface area contributed by atoms with Gasteiger partial charge in [0.2, 0.25) is 11.8 Å². The molecule has 7 nitrogen and oxygen atoms in total. The Bertz CT molecular complexity index is 765. The summed E-state index contributed by atoms with van der Waals surface area (Å²) in [5.74, 6) is -0.906. The molecule has 0 fully saturated rings. The number of nitrogens with one attached hydrogen (secondary N) is 1. The summed E-state index contributed by atoms with van der Waals surface area (Å²) in [6.07, 6.45) is 2.85. The van der Waals surface area contributed by atoms with Crippen molar-refractivity contribution in [3.05, 3.63) is 75.8 Å². The number of nitro groups is 1. The maximum absolute atomic E-state index is 11.8. The van der Waals surface area contributed by atoms with Crippen LogP contribution < -0.4 is 11.1 Å². The summed E-state index contributed by atoms with van der Waals surface area (Å²) in [6, 6.07) is 12.0. The molecule has 0 saturated heterocycles. The number of nitro benzene ring substituents is 1. The van der Waals surface area contributed by atoms with E-state index in [1.54, 1.807) is 24.3 Å². The van der Waals surface area contributed by atoms with Gasteiger partial charge in [0.25, 0.3) is 5.69 Å². The molecule has 2 rings (SSSR count). The van der Waals surface area contributed by atoms with Gasteiger partial charge in [-0.05, 0) is 48.0 Å². The molecule has 0 saturated carbocycles. The van der Waals surface area contributed by atoms with Gasteiger partial charge in [0.05, 0.1) is 4.92 Å². The van der Waals surface area contributed by atoms with E-state index < -0.39 is 10.8 Å². The van der Waals surface area contributed by atoms with Crippen molar-refractivity contribution >= 4 is 29.3 Å². The van der Waals surface area contributed by atoms with Gasteiger partial charge >= 0.3 is 0 Å². The summed E-state index contributed by atoms with van der Waals surface area (Å²) < 4.78 is 0. The average Bonchev–Trinajstić information content (AvgIpc) is 2.54. The van der Waals surface area contributed by atoms with Crippen LogP contribution in [0.2, 0.25) is 0 Å². The molecule has 0 aliphatic carbocycles. The molecule has 0 aliphatic heterocycles. The molecule has 23 heavy (non-hydrogen) atoms. The van der Waals surface area contributed by atoms with E-state index in [4.69, 9.17) is 5.73 Å². The van der Waals surface area contributed by atoms with E-state index in [1.165, 1.54) is 36.4 Å². The molecule has 3 N–H and O–H groups in total. The monoisotopic (exact) mass is 311 g/mol. The molecular weight excluding hydrogens is 298 g/mol. The molecule has 0 unspecified atom stereocenters. The van der Waals surface area contributed by atoms with E-state index >= 15 is 0 Å². The number of nitrogens with zero attached hydrogens (tertiary/aromatic N) is 1. The minimum absolute atomic E-state index is 0.0128. The third-order valence-corrected chi connectivity index (χ3v) is 2.97. The van der Waals surface area contributed by atoms with Gasteiger partial charge in [0, 0.05) is 29.5 Å². The zero-order valence-corrected chi connectivity index (χ0v) is 11.9. The first kappa shape index (κ1) is 15.9. The van der Waals surface area contributed by atoms with Gasteiger partial charge in [-0.25, -0.2) is 0 Å². The number of carbonyl (C=O) groups is 2. The Morgan fingerprint density at radius 3 is 2.17 bits per heavy atom. The number of non-ortho nitro benzene ring substituents is 1. The summed E-state index contributed by atoms with van der Waals surface area (Å²) in [4.78, 5) is 32.8. The lowest BCUT2D eigenvalue weighted by Gasteiger charge is -2.02. The van der Waals surface area contributed by atoms with Crippen LogP contribution in [0.5, 0.6) is 0 Å². The first-order valence-corrected chi connectivity index (χ1v) is 6.59. The van der Waals surface area contributed by atoms with Gasteiger partial charge in [-0.3, -0.25) is 19.7 Å². The van der Waals surface area contributed by atoms with E-state index in [0.29, 0.717) is 16.8 Å². The predicted octanol–water partition coefficient (Wildman–Crippen LogP) is 2.35. The van der Waals surface area contributed by atoms with Crippen LogP contribution in [0.1, 0.15) is 15.9 Å². The Hall–Kier alpha value is -3.48. The summed E-state index contributed by atoms with van der Waals surface area (Å²) in [6.45, 7) is 0. The number of amides is 2. The Morgan fingerprint density at radius 1 is 1.04 bits per heavy atom. The minimum Gasteiger partial charge on any atom is -0.366 e. The molecule has 2 aromatic carbocycles. The van der Waals surface area contributed by atoms with E-state index in [1.807, 2.05) is 0 Å². The largest absolute Gasteiger partial charge is 0.366 e. The number of rotatable bonds is 5. The normalized spacial score (nSPS) is 10.4. The Balaban J connectivity index is 1.98.